The van der Waals surface area contributed by atoms with Gasteiger partial charge in [-0.05, 0) is 35.9 Å². The summed E-state index contributed by atoms with van der Waals surface area (Å²) in [5.74, 6) is -1.17. The summed E-state index contributed by atoms with van der Waals surface area (Å²) in [5.41, 5.74) is -3.30. The van der Waals surface area contributed by atoms with Crippen LogP contribution in [-0.4, -0.2) is 63.1 Å². The Kier molecular flexibility index (Phi) is 7.34. The minimum atomic E-state index is -5.10. The van der Waals surface area contributed by atoms with Gasteiger partial charge in [0.05, 0.1) is 23.4 Å². The largest absolute Gasteiger partial charge is 0.416 e. The maximum absolute atomic E-state index is 13.4. The maximum atomic E-state index is 13.4. The third kappa shape index (κ3) is 5.91. The SMILES string of the molecule is CN(C(=O)N(C)C1CN(S(C)(=O)=O)CC1c1ccc(F)cc1)c1cc(C(F)(F)F)cc(C(F)(F)F)c1. The number of anilines is 1. The molecule has 0 N–H and O–H groups in total. The van der Waals surface area contributed by atoms with Gasteiger partial charge >= 0.3 is 18.4 Å². The minimum Gasteiger partial charge on any atom is -0.322 e. The van der Waals surface area contributed by atoms with Crippen molar-refractivity contribution in [2.45, 2.75) is 24.3 Å². The molecular formula is C22H22F7N3O3S. The summed E-state index contributed by atoms with van der Waals surface area (Å²) in [4.78, 5) is 14.9. The number of amides is 2. The van der Waals surface area contributed by atoms with E-state index < -0.39 is 63.0 Å². The number of urea groups is 1. The molecule has 6 nitrogen and oxygen atoms in total. The van der Waals surface area contributed by atoms with Crippen LogP contribution in [0.1, 0.15) is 22.6 Å². The van der Waals surface area contributed by atoms with Crippen molar-refractivity contribution in [3.8, 4) is 0 Å². The van der Waals surface area contributed by atoms with Crippen molar-refractivity contribution in [2.24, 2.45) is 0 Å². The van der Waals surface area contributed by atoms with Crippen molar-refractivity contribution >= 4 is 21.7 Å². The molecule has 0 bridgehead atoms. The first-order valence-corrected chi connectivity index (χ1v) is 12.2. The van der Waals surface area contributed by atoms with Crippen LogP contribution in [0.25, 0.3) is 0 Å². The van der Waals surface area contributed by atoms with Crippen LogP contribution in [-0.2, 0) is 22.4 Å². The molecule has 2 amide bonds. The third-order valence-electron chi connectivity index (χ3n) is 6.07. The fraction of sp³-hybridized carbons (Fsp3) is 0.409. The fourth-order valence-electron chi connectivity index (χ4n) is 4.07. The number of sulfonamides is 1. The van der Waals surface area contributed by atoms with Gasteiger partial charge in [0, 0.05) is 38.8 Å². The molecule has 1 saturated heterocycles. The Morgan fingerprint density at radius 3 is 1.86 bits per heavy atom. The lowest BCUT2D eigenvalue weighted by Crippen LogP contribution is -2.47. The molecule has 1 fully saturated rings. The van der Waals surface area contributed by atoms with Gasteiger partial charge in [-0.3, -0.25) is 4.90 Å². The molecule has 36 heavy (non-hydrogen) atoms. The van der Waals surface area contributed by atoms with Crippen molar-refractivity contribution in [1.29, 1.82) is 0 Å². The molecule has 0 saturated carbocycles. The highest BCUT2D eigenvalue weighted by atomic mass is 32.2. The molecule has 2 unspecified atom stereocenters. The molecule has 2 aromatic rings. The Balaban J connectivity index is 1.98. The first-order valence-electron chi connectivity index (χ1n) is 10.4. The Bertz CT molecular complexity index is 1200. The summed E-state index contributed by atoms with van der Waals surface area (Å²) < 4.78 is 118. The first-order chi connectivity index (χ1) is 16.4. The lowest BCUT2D eigenvalue weighted by molar-refractivity contribution is -0.143. The van der Waals surface area contributed by atoms with E-state index in [1.165, 1.54) is 19.2 Å². The predicted octanol–water partition coefficient (Wildman–Crippen LogP) is 4.78. The van der Waals surface area contributed by atoms with Crippen molar-refractivity contribution in [3.05, 3.63) is 65.0 Å². The van der Waals surface area contributed by atoms with Gasteiger partial charge < -0.3 is 4.90 Å². The molecule has 2 atom stereocenters. The van der Waals surface area contributed by atoms with Crippen LogP contribution in [0.4, 0.5) is 41.2 Å². The summed E-state index contributed by atoms with van der Waals surface area (Å²) in [5, 5.41) is 0. The topological polar surface area (TPSA) is 60.9 Å². The molecule has 1 aliphatic rings. The molecule has 0 aliphatic carbocycles. The van der Waals surface area contributed by atoms with E-state index in [1.54, 1.807) is 0 Å². The molecule has 0 spiro atoms. The molecule has 1 heterocycles. The van der Waals surface area contributed by atoms with Crippen molar-refractivity contribution < 1.29 is 43.9 Å². The van der Waals surface area contributed by atoms with E-state index in [-0.39, 0.29) is 19.2 Å². The molecule has 1 aliphatic heterocycles. The summed E-state index contributed by atoms with van der Waals surface area (Å²) in [6, 6.07) is 4.16. The average molecular weight is 541 g/mol. The van der Waals surface area contributed by atoms with Gasteiger partial charge in [-0.1, -0.05) is 12.1 Å². The Morgan fingerprint density at radius 1 is 0.917 bits per heavy atom. The van der Waals surface area contributed by atoms with Crippen molar-refractivity contribution in [1.82, 2.24) is 9.21 Å². The van der Waals surface area contributed by atoms with E-state index in [0.717, 1.165) is 34.6 Å². The second-order valence-electron chi connectivity index (χ2n) is 8.52. The number of nitrogens with zero attached hydrogens (tertiary/aromatic N) is 3. The minimum absolute atomic E-state index is 0.0446. The Labute approximate surface area is 202 Å². The normalized spacial score (nSPS) is 19.4. The number of carbonyl (C=O) groups is 1. The van der Waals surface area contributed by atoms with E-state index in [2.05, 4.69) is 0 Å². The van der Waals surface area contributed by atoms with E-state index in [1.807, 2.05) is 0 Å². The van der Waals surface area contributed by atoms with Crippen molar-refractivity contribution in [2.75, 3.05) is 38.3 Å². The Morgan fingerprint density at radius 2 is 1.42 bits per heavy atom. The van der Waals surface area contributed by atoms with E-state index >= 15 is 0 Å². The van der Waals surface area contributed by atoms with Crippen LogP contribution in [0.15, 0.2) is 42.5 Å². The number of hydrogen-bond acceptors (Lipinski definition) is 3. The summed E-state index contributed by atoms with van der Waals surface area (Å²) >= 11 is 0. The molecule has 2 aromatic carbocycles. The predicted molar refractivity (Wildman–Crippen MR) is 117 cm³/mol. The lowest BCUT2D eigenvalue weighted by Gasteiger charge is -2.33. The smallest absolute Gasteiger partial charge is 0.322 e. The van der Waals surface area contributed by atoms with Crippen LogP contribution >= 0.6 is 0 Å². The lowest BCUT2D eigenvalue weighted by atomic mass is 9.93. The van der Waals surface area contributed by atoms with Crippen LogP contribution in [0, 0.1) is 5.82 Å². The summed E-state index contributed by atoms with van der Waals surface area (Å²) in [6.07, 6.45) is -9.23. The molecule has 0 aromatic heterocycles. The van der Waals surface area contributed by atoms with Crippen molar-refractivity contribution in [3.63, 3.8) is 0 Å². The zero-order valence-corrected chi connectivity index (χ0v) is 20.0. The maximum Gasteiger partial charge on any atom is 0.416 e. The highest BCUT2D eigenvalue weighted by Gasteiger charge is 2.43. The zero-order valence-electron chi connectivity index (χ0n) is 19.2. The fourth-order valence-corrected chi connectivity index (χ4v) is 4.93. The number of likely N-dealkylation sites (N-methyl/N-ethyl adjacent to an activating group) is 1. The zero-order chi connectivity index (χ0) is 27.2. The van der Waals surface area contributed by atoms with Gasteiger partial charge in [0.25, 0.3) is 0 Å². The summed E-state index contributed by atoms with van der Waals surface area (Å²) in [7, 11) is -1.42. The Hall–Kier alpha value is -2.87. The number of benzene rings is 2. The number of hydrogen-bond donors (Lipinski definition) is 0. The van der Waals surface area contributed by atoms with Gasteiger partial charge in [-0.25, -0.2) is 17.6 Å². The molecule has 0 radical (unpaired) electrons. The van der Waals surface area contributed by atoms with Gasteiger partial charge in [-0.2, -0.15) is 30.6 Å². The number of rotatable bonds is 4. The van der Waals surface area contributed by atoms with Crippen LogP contribution in [0.2, 0.25) is 0 Å². The van der Waals surface area contributed by atoms with Crippen LogP contribution in [0.5, 0.6) is 0 Å². The molecular weight excluding hydrogens is 519 g/mol. The monoisotopic (exact) mass is 541 g/mol. The number of alkyl halides is 6. The van der Waals surface area contributed by atoms with E-state index in [0.29, 0.717) is 22.6 Å². The molecule has 198 valence electrons. The second kappa shape index (κ2) is 9.54. The highest BCUT2D eigenvalue weighted by Crippen LogP contribution is 2.39. The summed E-state index contributed by atoms with van der Waals surface area (Å²) in [6.45, 7) is -0.231. The van der Waals surface area contributed by atoms with E-state index in [9.17, 15) is 43.9 Å². The average Bonchev–Trinajstić information content (AvgIpc) is 3.22. The van der Waals surface area contributed by atoms with Crippen LogP contribution in [0.3, 0.4) is 0 Å². The van der Waals surface area contributed by atoms with Gasteiger partial charge in [0.1, 0.15) is 5.82 Å². The second-order valence-corrected chi connectivity index (χ2v) is 10.5. The quantitative estimate of drug-likeness (QED) is 0.524. The first kappa shape index (κ1) is 27.7. The highest BCUT2D eigenvalue weighted by molar-refractivity contribution is 7.88. The number of carbonyl (C=O) groups excluding carboxylic acids is 1. The third-order valence-corrected chi connectivity index (χ3v) is 7.30. The van der Waals surface area contributed by atoms with E-state index in [4.69, 9.17) is 0 Å². The number of halogens is 7. The van der Waals surface area contributed by atoms with Crippen LogP contribution < -0.4 is 4.90 Å². The standard InChI is InChI=1S/C22H22F7N3O3S/c1-30(17-9-14(21(24,25)26)8-15(10-17)22(27,28)29)20(33)31(2)19-12-32(36(3,34)35)11-18(19)13-4-6-16(23)7-5-13/h4-10,18-19H,11-12H2,1-3H3. The molecule has 14 heteroatoms. The molecule has 3 rings (SSSR count). The van der Waals surface area contributed by atoms with Gasteiger partial charge in [-0.15, -0.1) is 0 Å². The van der Waals surface area contributed by atoms with Gasteiger partial charge in [0.15, 0.2) is 0 Å². The van der Waals surface area contributed by atoms with Gasteiger partial charge in [0.2, 0.25) is 10.0 Å².